The third-order valence-electron chi connectivity index (χ3n) is 6.62. The van der Waals surface area contributed by atoms with Crippen LogP contribution in [0.4, 0.5) is 0 Å². The number of para-hydroxylation sites is 1. The number of carbonyl (C=O) groups excluding carboxylic acids is 2. The number of amides is 2. The maximum Gasteiger partial charge on any atom is 0.271 e. The molecule has 0 bridgehead atoms. The summed E-state index contributed by atoms with van der Waals surface area (Å²) in [5.74, 6) is 0.337. The monoisotopic (exact) mass is 463 g/mol. The van der Waals surface area contributed by atoms with E-state index in [0.717, 1.165) is 22.9 Å². The molecule has 33 heavy (non-hydrogen) atoms. The SMILES string of the molecule is CSc1ccc(CCN2C(=O)c3cc4ccccc4n3C[C@@]2(C)C(=O)NCCC(C)C)cc1. The van der Waals surface area contributed by atoms with Gasteiger partial charge in [-0.2, -0.15) is 0 Å². The van der Waals surface area contributed by atoms with E-state index in [9.17, 15) is 9.59 Å². The molecule has 0 saturated heterocycles. The lowest BCUT2D eigenvalue weighted by Gasteiger charge is -2.44. The Bertz CT molecular complexity index is 1150. The zero-order valence-electron chi connectivity index (χ0n) is 19.9. The van der Waals surface area contributed by atoms with Gasteiger partial charge in [0.05, 0.1) is 6.54 Å². The van der Waals surface area contributed by atoms with Crippen molar-refractivity contribution >= 4 is 34.5 Å². The average molecular weight is 464 g/mol. The van der Waals surface area contributed by atoms with E-state index in [2.05, 4.69) is 49.7 Å². The van der Waals surface area contributed by atoms with Crippen molar-refractivity contribution in [2.75, 3.05) is 19.3 Å². The van der Waals surface area contributed by atoms with Gasteiger partial charge in [-0.25, -0.2) is 0 Å². The van der Waals surface area contributed by atoms with Crippen molar-refractivity contribution in [1.82, 2.24) is 14.8 Å². The minimum atomic E-state index is -0.956. The molecule has 0 spiro atoms. The van der Waals surface area contributed by atoms with Crippen molar-refractivity contribution in [3.8, 4) is 0 Å². The molecule has 0 fully saturated rings. The van der Waals surface area contributed by atoms with Gasteiger partial charge in [0.1, 0.15) is 11.2 Å². The summed E-state index contributed by atoms with van der Waals surface area (Å²) in [6, 6.07) is 18.4. The number of fused-ring (bicyclic) bond motifs is 3. The van der Waals surface area contributed by atoms with Crippen molar-refractivity contribution < 1.29 is 9.59 Å². The largest absolute Gasteiger partial charge is 0.354 e. The van der Waals surface area contributed by atoms with Crippen LogP contribution in [0.5, 0.6) is 0 Å². The van der Waals surface area contributed by atoms with Gasteiger partial charge in [-0.15, -0.1) is 11.8 Å². The minimum absolute atomic E-state index is 0.0836. The molecule has 0 saturated carbocycles. The molecule has 6 heteroatoms. The lowest BCUT2D eigenvalue weighted by atomic mass is 9.93. The summed E-state index contributed by atoms with van der Waals surface area (Å²) < 4.78 is 2.02. The van der Waals surface area contributed by atoms with E-state index in [1.165, 1.54) is 4.90 Å². The molecule has 1 atom stereocenters. The molecule has 0 radical (unpaired) electrons. The molecule has 174 valence electrons. The quantitative estimate of drug-likeness (QED) is 0.479. The molecule has 4 rings (SSSR count). The number of aromatic nitrogens is 1. The fourth-order valence-corrected chi connectivity index (χ4v) is 4.96. The van der Waals surface area contributed by atoms with Crippen LogP contribution in [0.1, 0.15) is 43.2 Å². The lowest BCUT2D eigenvalue weighted by molar-refractivity contribution is -0.132. The van der Waals surface area contributed by atoms with Gasteiger partial charge >= 0.3 is 0 Å². The first-order chi connectivity index (χ1) is 15.8. The van der Waals surface area contributed by atoms with E-state index in [0.29, 0.717) is 37.7 Å². The topological polar surface area (TPSA) is 54.3 Å². The predicted molar refractivity (Wildman–Crippen MR) is 136 cm³/mol. The van der Waals surface area contributed by atoms with E-state index >= 15 is 0 Å². The van der Waals surface area contributed by atoms with Gasteiger partial charge in [0.25, 0.3) is 5.91 Å². The molecular weight excluding hydrogens is 430 g/mol. The molecule has 2 heterocycles. The summed E-state index contributed by atoms with van der Waals surface area (Å²) >= 11 is 1.71. The van der Waals surface area contributed by atoms with E-state index in [1.807, 2.05) is 41.8 Å². The fraction of sp³-hybridized carbons (Fsp3) is 0.407. The summed E-state index contributed by atoms with van der Waals surface area (Å²) in [6.07, 6.45) is 3.68. The Morgan fingerprint density at radius 3 is 2.58 bits per heavy atom. The lowest BCUT2D eigenvalue weighted by Crippen LogP contribution is -2.64. The number of nitrogens with one attached hydrogen (secondary N) is 1. The molecule has 1 N–H and O–H groups in total. The summed E-state index contributed by atoms with van der Waals surface area (Å²) in [4.78, 5) is 30.2. The second kappa shape index (κ2) is 9.64. The first-order valence-corrected chi connectivity index (χ1v) is 12.9. The van der Waals surface area contributed by atoms with E-state index in [4.69, 9.17) is 0 Å². The Balaban J connectivity index is 1.65. The van der Waals surface area contributed by atoms with Crippen LogP contribution in [0.2, 0.25) is 0 Å². The fourth-order valence-electron chi connectivity index (χ4n) is 4.55. The molecule has 0 aliphatic carbocycles. The Hall–Kier alpha value is -2.73. The van der Waals surface area contributed by atoms with Gasteiger partial charge in [0.2, 0.25) is 5.91 Å². The first-order valence-electron chi connectivity index (χ1n) is 11.6. The van der Waals surface area contributed by atoms with Crippen molar-refractivity contribution in [3.05, 3.63) is 65.9 Å². The first kappa shape index (κ1) is 23.4. The number of hydrogen-bond acceptors (Lipinski definition) is 3. The van der Waals surface area contributed by atoms with E-state index in [-0.39, 0.29) is 11.8 Å². The Kier molecular flexibility index (Phi) is 6.84. The summed E-state index contributed by atoms with van der Waals surface area (Å²) in [7, 11) is 0. The molecule has 3 aromatic rings. The van der Waals surface area contributed by atoms with Gasteiger partial charge in [0.15, 0.2) is 0 Å². The van der Waals surface area contributed by atoms with E-state index < -0.39 is 5.54 Å². The van der Waals surface area contributed by atoms with Crippen LogP contribution in [-0.4, -0.2) is 46.2 Å². The number of nitrogens with zero attached hydrogens (tertiary/aromatic N) is 2. The van der Waals surface area contributed by atoms with Crippen LogP contribution in [0.25, 0.3) is 10.9 Å². The number of rotatable bonds is 8. The van der Waals surface area contributed by atoms with Crippen LogP contribution in [0.15, 0.2) is 59.5 Å². The molecule has 5 nitrogen and oxygen atoms in total. The standard InChI is InChI=1S/C27H33N3O2S/c1-19(2)13-15-28-26(32)27(3)18-29-23-8-6-5-7-21(23)17-24(29)25(31)30(27)16-14-20-9-11-22(33-4)12-10-20/h5-12,17,19H,13-16,18H2,1-4H3,(H,28,32)/t27-/m0/s1. The highest BCUT2D eigenvalue weighted by Gasteiger charge is 2.47. The molecule has 1 aromatic heterocycles. The van der Waals surface area contributed by atoms with Crippen LogP contribution in [0, 0.1) is 5.92 Å². The normalized spacial score (nSPS) is 18.1. The summed E-state index contributed by atoms with van der Waals surface area (Å²) in [5, 5.41) is 4.14. The Morgan fingerprint density at radius 2 is 1.88 bits per heavy atom. The van der Waals surface area contributed by atoms with Crippen LogP contribution >= 0.6 is 11.8 Å². The highest BCUT2D eigenvalue weighted by atomic mass is 32.2. The van der Waals surface area contributed by atoms with Crippen molar-refractivity contribution in [1.29, 1.82) is 0 Å². The van der Waals surface area contributed by atoms with Crippen LogP contribution < -0.4 is 5.32 Å². The van der Waals surface area contributed by atoms with Gasteiger partial charge in [-0.05, 0) is 61.8 Å². The summed E-state index contributed by atoms with van der Waals surface area (Å²) in [5.41, 5.74) is 1.85. The van der Waals surface area contributed by atoms with Crippen molar-refractivity contribution in [2.45, 2.75) is 50.6 Å². The van der Waals surface area contributed by atoms with Gasteiger partial charge in [-0.1, -0.05) is 44.2 Å². The van der Waals surface area contributed by atoms with E-state index in [1.54, 1.807) is 16.7 Å². The zero-order valence-corrected chi connectivity index (χ0v) is 20.7. The molecule has 0 unspecified atom stereocenters. The molecule has 1 aliphatic rings. The summed E-state index contributed by atoms with van der Waals surface area (Å²) in [6.45, 7) is 7.75. The number of benzene rings is 2. The van der Waals surface area contributed by atoms with Crippen molar-refractivity contribution in [2.24, 2.45) is 5.92 Å². The third-order valence-corrected chi connectivity index (χ3v) is 7.36. The highest BCUT2D eigenvalue weighted by molar-refractivity contribution is 7.98. The second-order valence-electron chi connectivity index (χ2n) is 9.44. The van der Waals surface area contributed by atoms with Gasteiger partial charge in [0, 0.05) is 28.9 Å². The maximum atomic E-state index is 13.7. The Morgan fingerprint density at radius 1 is 1.15 bits per heavy atom. The second-order valence-corrected chi connectivity index (χ2v) is 10.3. The van der Waals surface area contributed by atoms with Gasteiger partial charge in [-0.3, -0.25) is 9.59 Å². The van der Waals surface area contributed by atoms with Crippen LogP contribution in [0.3, 0.4) is 0 Å². The van der Waals surface area contributed by atoms with Gasteiger partial charge < -0.3 is 14.8 Å². The van der Waals surface area contributed by atoms with Crippen molar-refractivity contribution in [3.63, 3.8) is 0 Å². The molecule has 2 aromatic carbocycles. The number of thioether (sulfide) groups is 1. The van der Waals surface area contributed by atoms with Crippen LogP contribution in [-0.2, 0) is 17.8 Å². The maximum absolute atomic E-state index is 13.7. The highest BCUT2D eigenvalue weighted by Crippen LogP contribution is 2.32. The third kappa shape index (κ3) is 4.67. The predicted octanol–water partition coefficient (Wildman–Crippen LogP) is 4.98. The minimum Gasteiger partial charge on any atom is -0.354 e. The molecule has 2 amide bonds. The number of hydrogen-bond donors (Lipinski definition) is 1. The zero-order chi connectivity index (χ0) is 23.6. The number of carbonyl (C=O) groups is 2. The smallest absolute Gasteiger partial charge is 0.271 e. The average Bonchev–Trinajstić information content (AvgIpc) is 3.17. The molecular formula is C27H33N3O2S. The Labute approximate surface area is 200 Å². The molecule has 1 aliphatic heterocycles.